The fraction of sp³-hybridized carbons (Fsp3) is 0.269. The first-order chi connectivity index (χ1) is 14.7. The molecule has 0 aliphatic rings. The SMILES string of the molecule is CCN(C)Cc1cccc(CNC(=O)COC(c2ccccc2)c2ccccc2)c1. The van der Waals surface area contributed by atoms with Crippen LogP contribution in [0.5, 0.6) is 0 Å². The largest absolute Gasteiger partial charge is 0.359 e. The highest BCUT2D eigenvalue weighted by Crippen LogP contribution is 2.25. The van der Waals surface area contributed by atoms with E-state index in [1.54, 1.807) is 0 Å². The molecule has 0 spiro atoms. The molecule has 1 N–H and O–H groups in total. The quantitative estimate of drug-likeness (QED) is 0.540. The monoisotopic (exact) mass is 402 g/mol. The van der Waals surface area contributed by atoms with Crippen molar-refractivity contribution in [3.8, 4) is 0 Å². The smallest absolute Gasteiger partial charge is 0.246 e. The van der Waals surface area contributed by atoms with E-state index in [2.05, 4.69) is 36.3 Å². The third-order valence-electron chi connectivity index (χ3n) is 5.06. The van der Waals surface area contributed by atoms with E-state index in [-0.39, 0.29) is 18.6 Å². The molecule has 0 unspecified atom stereocenters. The van der Waals surface area contributed by atoms with Crippen LogP contribution in [-0.4, -0.2) is 31.0 Å². The summed E-state index contributed by atoms with van der Waals surface area (Å²) < 4.78 is 6.04. The molecule has 4 heteroatoms. The van der Waals surface area contributed by atoms with E-state index in [9.17, 15) is 4.79 Å². The molecule has 0 atom stereocenters. The Balaban J connectivity index is 1.57. The number of carbonyl (C=O) groups is 1. The molecule has 1 amide bonds. The van der Waals surface area contributed by atoms with Crippen LogP contribution in [0.15, 0.2) is 84.9 Å². The van der Waals surface area contributed by atoms with Crippen molar-refractivity contribution in [2.24, 2.45) is 0 Å². The molecule has 0 aliphatic heterocycles. The molecule has 4 nitrogen and oxygen atoms in total. The molecule has 30 heavy (non-hydrogen) atoms. The lowest BCUT2D eigenvalue weighted by atomic mass is 10.0. The molecular weight excluding hydrogens is 372 g/mol. The van der Waals surface area contributed by atoms with E-state index in [1.165, 1.54) is 5.56 Å². The van der Waals surface area contributed by atoms with Crippen LogP contribution in [-0.2, 0) is 22.6 Å². The van der Waals surface area contributed by atoms with Crippen molar-refractivity contribution >= 4 is 5.91 Å². The van der Waals surface area contributed by atoms with E-state index in [1.807, 2.05) is 72.8 Å². The summed E-state index contributed by atoms with van der Waals surface area (Å²) in [6.07, 6.45) is -0.272. The highest BCUT2D eigenvalue weighted by molar-refractivity contribution is 5.77. The van der Waals surface area contributed by atoms with Crippen LogP contribution in [0.2, 0.25) is 0 Å². The highest BCUT2D eigenvalue weighted by atomic mass is 16.5. The second-order valence-corrected chi connectivity index (χ2v) is 7.44. The summed E-state index contributed by atoms with van der Waals surface area (Å²) in [4.78, 5) is 14.7. The Kier molecular flexibility index (Phi) is 8.19. The zero-order valence-electron chi connectivity index (χ0n) is 17.8. The van der Waals surface area contributed by atoms with Gasteiger partial charge < -0.3 is 15.0 Å². The minimum Gasteiger partial charge on any atom is -0.359 e. The number of carbonyl (C=O) groups excluding carboxylic acids is 1. The number of hydrogen-bond donors (Lipinski definition) is 1. The van der Waals surface area contributed by atoms with Gasteiger partial charge in [0.15, 0.2) is 0 Å². The summed E-state index contributed by atoms with van der Waals surface area (Å²) in [5.74, 6) is -0.122. The minimum absolute atomic E-state index is 0.00667. The Morgan fingerprint density at radius 1 is 0.900 bits per heavy atom. The first-order valence-corrected chi connectivity index (χ1v) is 10.4. The molecular formula is C26H30N2O2. The molecule has 0 aromatic heterocycles. The van der Waals surface area contributed by atoms with Gasteiger partial charge in [-0.2, -0.15) is 0 Å². The number of hydrogen-bond acceptors (Lipinski definition) is 3. The van der Waals surface area contributed by atoms with Gasteiger partial charge in [0.1, 0.15) is 12.7 Å². The Hall–Kier alpha value is -2.95. The lowest BCUT2D eigenvalue weighted by Gasteiger charge is -2.19. The Morgan fingerprint density at radius 3 is 2.10 bits per heavy atom. The number of nitrogens with zero attached hydrogens (tertiary/aromatic N) is 1. The lowest BCUT2D eigenvalue weighted by molar-refractivity contribution is -0.127. The molecule has 3 aromatic rings. The van der Waals surface area contributed by atoms with Gasteiger partial charge >= 0.3 is 0 Å². The Labute approximate surface area is 179 Å². The van der Waals surface area contributed by atoms with Crippen LogP contribution >= 0.6 is 0 Å². The Bertz CT molecular complexity index is 873. The van der Waals surface area contributed by atoms with Gasteiger partial charge in [-0.1, -0.05) is 91.9 Å². The average molecular weight is 403 g/mol. The predicted octanol–water partition coefficient (Wildman–Crippen LogP) is 4.56. The van der Waals surface area contributed by atoms with E-state index in [4.69, 9.17) is 4.74 Å². The number of benzene rings is 3. The van der Waals surface area contributed by atoms with Crippen molar-refractivity contribution in [2.75, 3.05) is 20.2 Å². The van der Waals surface area contributed by atoms with Crippen molar-refractivity contribution in [1.82, 2.24) is 10.2 Å². The second kappa shape index (κ2) is 11.3. The predicted molar refractivity (Wildman–Crippen MR) is 121 cm³/mol. The maximum absolute atomic E-state index is 12.4. The number of nitrogens with one attached hydrogen (secondary N) is 1. The number of ether oxygens (including phenoxy) is 1. The average Bonchev–Trinajstić information content (AvgIpc) is 2.79. The zero-order valence-corrected chi connectivity index (χ0v) is 17.8. The van der Waals surface area contributed by atoms with E-state index in [0.717, 1.165) is 29.8 Å². The number of amides is 1. The van der Waals surface area contributed by atoms with Gasteiger partial charge in [0.05, 0.1) is 0 Å². The third-order valence-corrected chi connectivity index (χ3v) is 5.06. The molecule has 0 bridgehead atoms. The summed E-state index contributed by atoms with van der Waals surface area (Å²) in [5, 5.41) is 2.97. The fourth-order valence-corrected chi connectivity index (χ4v) is 3.31. The second-order valence-electron chi connectivity index (χ2n) is 7.44. The molecule has 0 saturated heterocycles. The summed E-state index contributed by atoms with van der Waals surface area (Å²) in [5.41, 5.74) is 4.40. The van der Waals surface area contributed by atoms with E-state index >= 15 is 0 Å². The van der Waals surface area contributed by atoms with Crippen molar-refractivity contribution in [2.45, 2.75) is 26.1 Å². The Morgan fingerprint density at radius 2 is 1.50 bits per heavy atom. The van der Waals surface area contributed by atoms with Crippen molar-refractivity contribution < 1.29 is 9.53 Å². The standard InChI is InChI=1S/C26H30N2O2/c1-3-28(2)19-22-12-10-11-21(17-22)18-27-25(29)20-30-26(23-13-6-4-7-14-23)24-15-8-5-9-16-24/h4-17,26H,3,18-20H2,1-2H3,(H,27,29). The third kappa shape index (κ3) is 6.55. The summed E-state index contributed by atoms with van der Waals surface area (Å²) in [6, 6.07) is 28.3. The molecule has 0 radical (unpaired) electrons. The maximum Gasteiger partial charge on any atom is 0.246 e. The van der Waals surface area contributed by atoms with Gasteiger partial charge in [-0.05, 0) is 35.8 Å². The molecule has 156 valence electrons. The van der Waals surface area contributed by atoms with Crippen LogP contribution in [0, 0.1) is 0 Å². The molecule has 3 aromatic carbocycles. The zero-order chi connectivity index (χ0) is 21.2. The van der Waals surface area contributed by atoms with Crippen molar-refractivity contribution in [3.05, 3.63) is 107 Å². The summed E-state index contributed by atoms with van der Waals surface area (Å²) >= 11 is 0. The van der Waals surface area contributed by atoms with Crippen LogP contribution < -0.4 is 5.32 Å². The molecule has 0 fully saturated rings. The van der Waals surface area contributed by atoms with Gasteiger partial charge in [0, 0.05) is 13.1 Å². The van der Waals surface area contributed by atoms with Gasteiger partial charge in [0.25, 0.3) is 0 Å². The van der Waals surface area contributed by atoms with E-state index in [0.29, 0.717) is 6.54 Å². The van der Waals surface area contributed by atoms with Gasteiger partial charge in [0.2, 0.25) is 5.91 Å². The van der Waals surface area contributed by atoms with Gasteiger partial charge in [-0.3, -0.25) is 4.79 Å². The van der Waals surface area contributed by atoms with E-state index < -0.39 is 0 Å². The van der Waals surface area contributed by atoms with Crippen LogP contribution in [0.1, 0.15) is 35.3 Å². The highest BCUT2D eigenvalue weighted by Gasteiger charge is 2.16. The van der Waals surface area contributed by atoms with Crippen LogP contribution in [0.4, 0.5) is 0 Å². The normalized spacial score (nSPS) is 11.1. The first kappa shape index (κ1) is 21.8. The summed E-state index contributed by atoms with van der Waals surface area (Å²) in [6.45, 7) is 4.54. The number of rotatable bonds is 10. The lowest BCUT2D eigenvalue weighted by Crippen LogP contribution is -2.28. The fourth-order valence-electron chi connectivity index (χ4n) is 3.31. The maximum atomic E-state index is 12.4. The van der Waals surface area contributed by atoms with Crippen molar-refractivity contribution in [1.29, 1.82) is 0 Å². The topological polar surface area (TPSA) is 41.6 Å². The van der Waals surface area contributed by atoms with Crippen LogP contribution in [0.25, 0.3) is 0 Å². The van der Waals surface area contributed by atoms with Crippen LogP contribution in [0.3, 0.4) is 0 Å². The molecule has 0 aliphatic carbocycles. The van der Waals surface area contributed by atoms with Gasteiger partial charge in [-0.25, -0.2) is 0 Å². The van der Waals surface area contributed by atoms with Crippen molar-refractivity contribution in [3.63, 3.8) is 0 Å². The minimum atomic E-state index is -0.272. The molecule has 0 saturated carbocycles. The molecule has 3 rings (SSSR count). The summed E-state index contributed by atoms with van der Waals surface area (Å²) in [7, 11) is 2.10. The van der Waals surface area contributed by atoms with Gasteiger partial charge in [-0.15, -0.1) is 0 Å². The first-order valence-electron chi connectivity index (χ1n) is 10.4. The molecule has 0 heterocycles.